The summed E-state index contributed by atoms with van der Waals surface area (Å²) < 4.78 is 22.9. The molecule has 1 saturated heterocycles. The zero-order valence-corrected chi connectivity index (χ0v) is 16.3. The number of esters is 1. The van der Waals surface area contributed by atoms with Gasteiger partial charge in [0.15, 0.2) is 0 Å². The second-order valence-electron chi connectivity index (χ2n) is 8.05. The lowest BCUT2D eigenvalue weighted by atomic mass is 9.79. The number of hydrogen-bond donors (Lipinski definition) is 0. The summed E-state index contributed by atoms with van der Waals surface area (Å²) in [7, 11) is -0.393. The zero-order valence-electron chi connectivity index (χ0n) is 16.3. The van der Waals surface area contributed by atoms with Crippen LogP contribution in [0.3, 0.4) is 0 Å². The highest BCUT2D eigenvalue weighted by molar-refractivity contribution is 6.62. The van der Waals surface area contributed by atoms with Crippen LogP contribution in [0.15, 0.2) is 24.3 Å². The van der Waals surface area contributed by atoms with E-state index in [2.05, 4.69) is 0 Å². The third-order valence-corrected chi connectivity index (χ3v) is 4.83. The molecule has 1 aliphatic heterocycles. The zero-order chi connectivity index (χ0) is 18.9. The molecule has 0 saturated carbocycles. The van der Waals surface area contributed by atoms with Crippen molar-refractivity contribution in [1.29, 1.82) is 0 Å². The van der Waals surface area contributed by atoms with Gasteiger partial charge in [0.1, 0.15) is 12.4 Å². The van der Waals surface area contributed by atoms with E-state index in [9.17, 15) is 4.79 Å². The van der Waals surface area contributed by atoms with E-state index in [0.717, 1.165) is 5.46 Å². The molecule has 1 aliphatic rings. The maximum absolute atomic E-state index is 11.9. The van der Waals surface area contributed by atoms with Crippen LogP contribution in [0.4, 0.5) is 0 Å². The van der Waals surface area contributed by atoms with Gasteiger partial charge in [0.2, 0.25) is 0 Å². The van der Waals surface area contributed by atoms with Gasteiger partial charge in [-0.05, 0) is 66.1 Å². The number of ether oxygens (including phenoxy) is 2. The van der Waals surface area contributed by atoms with E-state index in [1.54, 1.807) is 6.92 Å². The van der Waals surface area contributed by atoms with Crippen molar-refractivity contribution in [2.75, 3.05) is 13.2 Å². The van der Waals surface area contributed by atoms with Gasteiger partial charge >= 0.3 is 13.1 Å². The Labute approximate surface area is 151 Å². The molecule has 0 aliphatic carbocycles. The van der Waals surface area contributed by atoms with Crippen molar-refractivity contribution in [1.82, 2.24) is 0 Å². The summed E-state index contributed by atoms with van der Waals surface area (Å²) in [6, 6.07) is 7.58. The van der Waals surface area contributed by atoms with E-state index < -0.39 is 12.5 Å². The summed E-state index contributed by atoms with van der Waals surface area (Å²) >= 11 is 0. The molecule has 0 aromatic heterocycles. The molecule has 0 atom stereocenters. The van der Waals surface area contributed by atoms with Crippen molar-refractivity contribution in [3.8, 4) is 5.75 Å². The van der Waals surface area contributed by atoms with Gasteiger partial charge in [0.25, 0.3) is 0 Å². The van der Waals surface area contributed by atoms with Crippen molar-refractivity contribution in [2.45, 2.75) is 59.7 Å². The second-order valence-corrected chi connectivity index (χ2v) is 8.05. The summed E-state index contributed by atoms with van der Waals surface area (Å²) in [5.41, 5.74) is -0.483. The van der Waals surface area contributed by atoms with E-state index in [1.807, 2.05) is 65.8 Å². The van der Waals surface area contributed by atoms with Crippen molar-refractivity contribution >= 4 is 18.6 Å². The van der Waals surface area contributed by atoms with E-state index in [-0.39, 0.29) is 23.8 Å². The number of benzene rings is 1. The number of hydrogen-bond acceptors (Lipinski definition) is 5. The Morgan fingerprint density at radius 2 is 1.60 bits per heavy atom. The molecule has 0 spiro atoms. The fraction of sp³-hybridized carbons (Fsp3) is 0.632. The Hall–Kier alpha value is -1.53. The van der Waals surface area contributed by atoms with Crippen molar-refractivity contribution in [2.24, 2.45) is 5.41 Å². The highest BCUT2D eigenvalue weighted by Crippen LogP contribution is 2.36. The minimum atomic E-state index is -0.694. The maximum Gasteiger partial charge on any atom is 0.494 e. The van der Waals surface area contributed by atoms with Crippen LogP contribution < -0.4 is 10.2 Å². The normalized spacial score (nSPS) is 18.9. The molecule has 0 unspecified atom stereocenters. The van der Waals surface area contributed by atoms with Gasteiger partial charge in [0.05, 0.1) is 23.2 Å². The number of carbonyl (C=O) groups excluding carboxylic acids is 1. The van der Waals surface area contributed by atoms with Crippen LogP contribution >= 0.6 is 0 Å². The Balaban J connectivity index is 1.98. The lowest BCUT2D eigenvalue weighted by Crippen LogP contribution is -2.41. The summed E-state index contributed by atoms with van der Waals surface area (Å²) in [4.78, 5) is 11.9. The van der Waals surface area contributed by atoms with Gasteiger partial charge in [-0.1, -0.05) is 12.1 Å². The average molecular weight is 348 g/mol. The molecule has 1 aromatic rings. The Bertz CT molecular complexity index is 591. The first kappa shape index (κ1) is 19.8. The molecule has 1 heterocycles. The molecule has 0 amide bonds. The predicted molar refractivity (Wildman–Crippen MR) is 98.1 cm³/mol. The van der Waals surface area contributed by atoms with Crippen molar-refractivity contribution < 1.29 is 23.6 Å². The maximum atomic E-state index is 11.9. The summed E-state index contributed by atoms with van der Waals surface area (Å²) in [5.74, 6) is 0.432. The first-order valence-corrected chi connectivity index (χ1v) is 8.74. The largest absolute Gasteiger partial charge is 0.494 e. The fourth-order valence-electron chi connectivity index (χ4n) is 2.35. The van der Waals surface area contributed by atoms with E-state index in [4.69, 9.17) is 18.8 Å². The standard InChI is InChI=1S/C19H29BO5/c1-8-22-16(21)17(2,3)13-23-15-11-9-14(10-12-15)20-24-18(4,5)19(6,7)25-20/h9-12H,8,13H2,1-7H3. The summed E-state index contributed by atoms with van der Waals surface area (Å²) in [5, 5.41) is 0. The molecule has 0 radical (unpaired) electrons. The number of rotatable bonds is 6. The average Bonchev–Trinajstić information content (AvgIpc) is 2.74. The first-order chi connectivity index (χ1) is 11.5. The molecular weight excluding hydrogens is 319 g/mol. The predicted octanol–water partition coefficient (Wildman–Crippen LogP) is 2.95. The smallest absolute Gasteiger partial charge is 0.492 e. The van der Waals surface area contributed by atoms with Gasteiger partial charge in [-0.25, -0.2) is 0 Å². The highest BCUT2D eigenvalue weighted by atomic mass is 16.7. The van der Waals surface area contributed by atoms with Crippen LogP contribution in [-0.4, -0.2) is 37.5 Å². The topological polar surface area (TPSA) is 54.0 Å². The monoisotopic (exact) mass is 348 g/mol. The van der Waals surface area contributed by atoms with Crippen LogP contribution in [0.25, 0.3) is 0 Å². The number of carbonyl (C=O) groups is 1. The van der Waals surface area contributed by atoms with E-state index in [0.29, 0.717) is 12.4 Å². The van der Waals surface area contributed by atoms with Gasteiger partial charge in [-0.2, -0.15) is 0 Å². The molecule has 0 bridgehead atoms. The molecule has 0 N–H and O–H groups in total. The molecule has 25 heavy (non-hydrogen) atoms. The second kappa shape index (κ2) is 7.00. The third kappa shape index (κ3) is 4.36. The Morgan fingerprint density at radius 3 is 2.08 bits per heavy atom. The van der Waals surface area contributed by atoms with Crippen LogP contribution in [0.2, 0.25) is 0 Å². The molecule has 5 nitrogen and oxygen atoms in total. The fourth-order valence-corrected chi connectivity index (χ4v) is 2.35. The van der Waals surface area contributed by atoms with E-state index >= 15 is 0 Å². The van der Waals surface area contributed by atoms with Crippen LogP contribution in [0, 0.1) is 5.41 Å². The lowest BCUT2D eigenvalue weighted by molar-refractivity contribution is -0.155. The van der Waals surface area contributed by atoms with Gasteiger partial charge < -0.3 is 18.8 Å². The third-order valence-electron chi connectivity index (χ3n) is 4.83. The van der Waals surface area contributed by atoms with Gasteiger partial charge in [-0.3, -0.25) is 4.79 Å². The minimum Gasteiger partial charge on any atom is -0.492 e. The Morgan fingerprint density at radius 1 is 1.08 bits per heavy atom. The van der Waals surface area contributed by atoms with Gasteiger partial charge in [0, 0.05) is 0 Å². The minimum absolute atomic E-state index is 0.252. The molecular formula is C19H29BO5. The molecule has 6 heteroatoms. The Kier molecular flexibility index (Phi) is 5.54. The first-order valence-electron chi connectivity index (χ1n) is 8.74. The highest BCUT2D eigenvalue weighted by Gasteiger charge is 2.51. The van der Waals surface area contributed by atoms with Crippen molar-refractivity contribution in [3.63, 3.8) is 0 Å². The van der Waals surface area contributed by atoms with Crippen LogP contribution in [-0.2, 0) is 18.8 Å². The quantitative estimate of drug-likeness (QED) is 0.584. The van der Waals surface area contributed by atoms with Crippen LogP contribution in [0.5, 0.6) is 5.75 Å². The molecule has 1 aromatic carbocycles. The molecule has 2 rings (SSSR count). The summed E-state index contributed by atoms with van der Waals surface area (Å²) in [6.07, 6.45) is 0. The van der Waals surface area contributed by atoms with Crippen molar-refractivity contribution in [3.05, 3.63) is 24.3 Å². The lowest BCUT2D eigenvalue weighted by Gasteiger charge is -2.32. The van der Waals surface area contributed by atoms with Gasteiger partial charge in [-0.15, -0.1) is 0 Å². The summed E-state index contributed by atoms with van der Waals surface area (Å²) in [6.45, 7) is 14.2. The molecule has 1 fully saturated rings. The van der Waals surface area contributed by atoms with E-state index in [1.165, 1.54) is 0 Å². The van der Waals surface area contributed by atoms with Crippen LogP contribution in [0.1, 0.15) is 48.5 Å². The molecule has 138 valence electrons. The SMILES string of the molecule is CCOC(=O)C(C)(C)COc1ccc(B2OC(C)(C)C(C)(C)O2)cc1.